The van der Waals surface area contributed by atoms with Crippen molar-refractivity contribution in [1.82, 2.24) is 0 Å². The minimum atomic E-state index is -1.77. The Kier molecular flexibility index (Phi) is 13.9. The summed E-state index contributed by atoms with van der Waals surface area (Å²) in [6.45, 7) is 18.9. The third-order valence-corrected chi connectivity index (χ3v) is 9.48. The molecule has 0 aliphatic carbocycles. The second-order valence-electron chi connectivity index (χ2n) is 13.7. The molecule has 8 nitrogen and oxygen atoms in total. The standard InChI is InChI=1S/C35H58O8/c1-19(2)32-25(8)28(36)18-35(40,43-32)27(10)31(38)26(9)33-29(41-11)14-12-13-20(3)15-22(5)30(37)23(6)16-21(4)17-24(7)34(39)42-33/h12-14,16-17,19,22-23,25-33,36-38,40H,15,18H2,1-11H3/b14-12+,20-13-,21-16-,24-17+. The molecule has 12 unspecified atom stereocenters. The first-order valence-corrected chi connectivity index (χ1v) is 15.8. The lowest BCUT2D eigenvalue weighted by atomic mass is 9.76. The van der Waals surface area contributed by atoms with Crippen molar-refractivity contribution < 1.29 is 39.4 Å². The van der Waals surface area contributed by atoms with Gasteiger partial charge < -0.3 is 34.6 Å². The van der Waals surface area contributed by atoms with Gasteiger partial charge in [0.1, 0.15) is 12.2 Å². The van der Waals surface area contributed by atoms with Crippen molar-refractivity contribution in [3.05, 3.63) is 47.1 Å². The van der Waals surface area contributed by atoms with Crippen molar-refractivity contribution in [2.24, 2.45) is 35.5 Å². The SMILES string of the molecule is COC1/C=C/C=C(/C)CC(C)C(O)C(C)/C=C(C)\C=C(/C)C(=O)OC1C(C)C(O)C(C)C1(O)CC(O)C(C)C(C(C)C)O1. The fourth-order valence-corrected chi connectivity index (χ4v) is 6.57. The maximum absolute atomic E-state index is 13.4. The summed E-state index contributed by atoms with van der Waals surface area (Å²) in [7, 11) is 1.52. The fraction of sp³-hybridized carbons (Fsp3) is 0.743. The molecule has 0 spiro atoms. The summed E-state index contributed by atoms with van der Waals surface area (Å²) in [5.41, 5.74) is 2.28. The van der Waals surface area contributed by atoms with Gasteiger partial charge >= 0.3 is 5.97 Å². The number of allylic oxidation sites excluding steroid dienone is 5. The Morgan fingerprint density at radius 1 is 1.05 bits per heavy atom. The van der Waals surface area contributed by atoms with Gasteiger partial charge in [0.2, 0.25) is 0 Å². The number of esters is 1. The molecule has 0 radical (unpaired) electrons. The Labute approximate surface area is 259 Å². The number of methoxy groups -OCH3 is 1. The molecule has 2 aliphatic rings. The van der Waals surface area contributed by atoms with E-state index in [1.165, 1.54) is 7.11 Å². The molecule has 0 amide bonds. The Morgan fingerprint density at radius 2 is 1.67 bits per heavy atom. The van der Waals surface area contributed by atoms with Crippen LogP contribution in [0.1, 0.15) is 82.1 Å². The van der Waals surface area contributed by atoms with Gasteiger partial charge in [0.25, 0.3) is 0 Å². The first kappa shape index (κ1) is 37.4. The summed E-state index contributed by atoms with van der Waals surface area (Å²) < 4.78 is 18.0. The van der Waals surface area contributed by atoms with E-state index in [1.807, 2.05) is 66.7 Å². The molecule has 2 aliphatic heterocycles. The molecule has 0 aromatic heterocycles. The van der Waals surface area contributed by atoms with Crippen molar-refractivity contribution in [1.29, 1.82) is 0 Å². The number of aliphatic hydroxyl groups excluding tert-OH is 3. The summed E-state index contributed by atoms with van der Waals surface area (Å²) in [6, 6.07) is 0. The van der Waals surface area contributed by atoms with Gasteiger partial charge in [0, 0.05) is 42.8 Å². The van der Waals surface area contributed by atoms with Gasteiger partial charge in [-0.1, -0.05) is 83.9 Å². The minimum absolute atomic E-state index is 0.0267. The van der Waals surface area contributed by atoms with Crippen molar-refractivity contribution in [2.45, 2.75) is 124 Å². The third kappa shape index (κ3) is 9.59. The van der Waals surface area contributed by atoms with Crippen LogP contribution in [0.3, 0.4) is 0 Å². The number of cyclic esters (lactones) is 1. The largest absolute Gasteiger partial charge is 0.456 e. The second-order valence-corrected chi connectivity index (χ2v) is 13.7. The van der Waals surface area contributed by atoms with E-state index in [9.17, 15) is 25.2 Å². The van der Waals surface area contributed by atoms with E-state index in [2.05, 4.69) is 0 Å². The Morgan fingerprint density at radius 3 is 2.26 bits per heavy atom. The van der Waals surface area contributed by atoms with Crippen LogP contribution in [-0.2, 0) is 19.0 Å². The molecular weight excluding hydrogens is 548 g/mol. The zero-order chi connectivity index (χ0) is 32.8. The van der Waals surface area contributed by atoms with Gasteiger partial charge in [-0.05, 0) is 45.1 Å². The molecule has 0 bridgehead atoms. The van der Waals surface area contributed by atoms with Crippen LogP contribution in [0.4, 0.5) is 0 Å². The summed E-state index contributed by atoms with van der Waals surface area (Å²) in [4.78, 5) is 13.4. The Balaban J connectivity index is 2.48. The molecule has 246 valence electrons. The van der Waals surface area contributed by atoms with Crippen LogP contribution in [-0.4, -0.2) is 75.9 Å². The third-order valence-electron chi connectivity index (χ3n) is 9.48. The van der Waals surface area contributed by atoms with E-state index in [0.29, 0.717) is 12.0 Å². The van der Waals surface area contributed by atoms with Crippen LogP contribution >= 0.6 is 0 Å². The monoisotopic (exact) mass is 606 g/mol. The lowest BCUT2D eigenvalue weighted by Gasteiger charge is -2.49. The predicted octanol–water partition coefficient (Wildman–Crippen LogP) is 5.11. The predicted molar refractivity (Wildman–Crippen MR) is 169 cm³/mol. The molecule has 0 saturated carbocycles. The number of rotatable bonds is 6. The van der Waals surface area contributed by atoms with Gasteiger partial charge in [0.15, 0.2) is 5.79 Å². The normalized spacial score (nSPS) is 42.0. The smallest absolute Gasteiger partial charge is 0.334 e. The molecule has 0 aromatic carbocycles. The Hall–Kier alpha value is -1.81. The first-order valence-electron chi connectivity index (χ1n) is 15.8. The average molecular weight is 607 g/mol. The lowest BCUT2D eigenvalue weighted by molar-refractivity contribution is -0.328. The second kappa shape index (κ2) is 16.0. The highest BCUT2D eigenvalue weighted by molar-refractivity contribution is 5.88. The summed E-state index contributed by atoms with van der Waals surface area (Å²) in [5, 5.41) is 44.9. The van der Waals surface area contributed by atoms with Gasteiger partial charge in [-0.3, -0.25) is 0 Å². The van der Waals surface area contributed by atoms with Crippen LogP contribution in [0.2, 0.25) is 0 Å². The van der Waals surface area contributed by atoms with Crippen LogP contribution < -0.4 is 0 Å². The molecule has 0 aromatic rings. The molecule has 2 rings (SSSR count). The van der Waals surface area contributed by atoms with Crippen LogP contribution in [0.5, 0.6) is 0 Å². The first-order chi connectivity index (χ1) is 19.9. The lowest BCUT2D eigenvalue weighted by Crippen LogP contribution is -2.59. The van der Waals surface area contributed by atoms with Crippen LogP contribution in [0.15, 0.2) is 47.1 Å². The van der Waals surface area contributed by atoms with Crippen LogP contribution in [0, 0.1) is 35.5 Å². The zero-order valence-corrected chi connectivity index (χ0v) is 28.2. The zero-order valence-electron chi connectivity index (χ0n) is 28.2. The number of carbonyl (C=O) groups is 1. The number of carbonyl (C=O) groups excluding carboxylic acids is 1. The van der Waals surface area contributed by atoms with Gasteiger partial charge in [-0.25, -0.2) is 4.79 Å². The molecule has 43 heavy (non-hydrogen) atoms. The quantitative estimate of drug-likeness (QED) is 0.308. The molecule has 12 atom stereocenters. The number of ether oxygens (including phenoxy) is 3. The van der Waals surface area contributed by atoms with Crippen molar-refractivity contribution >= 4 is 5.97 Å². The number of hydrogen-bond donors (Lipinski definition) is 4. The van der Waals surface area contributed by atoms with E-state index in [4.69, 9.17) is 14.2 Å². The number of aliphatic hydroxyl groups is 4. The highest BCUT2D eigenvalue weighted by atomic mass is 16.6. The summed E-state index contributed by atoms with van der Waals surface area (Å²) in [5.74, 6) is -4.03. The van der Waals surface area contributed by atoms with E-state index >= 15 is 0 Å². The molecule has 2 heterocycles. The van der Waals surface area contributed by atoms with Crippen molar-refractivity contribution in [2.75, 3.05) is 7.11 Å². The molecule has 4 N–H and O–H groups in total. The molecule has 8 heteroatoms. The average Bonchev–Trinajstić information content (AvgIpc) is 2.93. The fourth-order valence-electron chi connectivity index (χ4n) is 6.57. The highest BCUT2D eigenvalue weighted by Gasteiger charge is 2.51. The minimum Gasteiger partial charge on any atom is -0.456 e. The maximum atomic E-state index is 13.4. The van der Waals surface area contributed by atoms with Crippen LogP contribution in [0.25, 0.3) is 0 Å². The van der Waals surface area contributed by atoms with E-state index < -0.39 is 54.1 Å². The van der Waals surface area contributed by atoms with Crippen molar-refractivity contribution in [3.63, 3.8) is 0 Å². The summed E-state index contributed by atoms with van der Waals surface area (Å²) >= 11 is 0. The topological polar surface area (TPSA) is 126 Å². The summed E-state index contributed by atoms with van der Waals surface area (Å²) in [6.07, 6.45) is 5.44. The maximum Gasteiger partial charge on any atom is 0.334 e. The number of hydrogen-bond acceptors (Lipinski definition) is 8. The van der Waals surface area contributed by atoms with E-state index in [0.717, 1.165) is 11.1 Å². The molecule has 1 saturated heterocycles. The van der Waals surface area contributed by atoms with E-state index in [-0.39, 0.29) is 36.2 Å². The Bertz CT molecular complexity index is 1040. The highest BCUT2D eigenvalue weighted by Crippen LogP contribution is 2.41. The van der Waals surface area contributed by atoms with Gasteiger partial charge in [-0.2, -0.15) is 0 Å². The van der Waals surface area contributed by atoms with Gasteiger partial charge in [0.05, 0.1) is 24.4 Å². The van der Waals surface area contributed by atoms with Gasteiger partial charge in [-0.15, -0.1) is 0 Å². The molecular formula is C35H58O8. The molecule has 1 fully saturated rings. The van der Waals surface area contributed by atoms with E-state index in [1.54, 1.807) is 32.9 Å². The van der Waals surface area contributed by atoms with Crippen molar-refractivity contribution in [3.8, 4) is 0 Å².